The molecule has 3 aromatic rings. The Kier molecular flexibility index (Phi) is 6.08. The summed E-state index contributed by atoms with van der Waals surface area (Å²) in [7, 11) is 0. The van der Waals surface area contributed by atoms with Crippen molar-refractivity contribution in [1.82, 2.24) is 14.9 Å². The van der Waals surface area contributed by atoms with Crippen LogP contribution in [0, 0.1) is 24.1 Å². The Balaban J connectivity index is 1.65. The predicted molar refractivity (Wildman–Crippen MR) is 132 cm³/mol. The van der Waals surface area contributed by atoms with E-state index in [1.165, 1.54) is 18.5 Å². The second kappa shape index (κ2) is 9.34. The van der Waals surface area contributed by atoms with Crippen molar-refractivity contribution in [3.8, 4) is 22.9 Å². The van der Waals surface area contributed by atoms with E-state index in [9.17, 15) is 14.4 Å². The normalized spacial score (nSPS) is 17.5. The zero-order valence-electron chi connectivity index (χ0n) is 19.6. The first-order valence-corrected chi connectivity index (χ1v) is 11.8. The molecule has 0 N–H and O–H groups in total. The summed E-state index contributed by atoms with van der Waals surface area (Å²) in [5, 5.41) is 10.1. The molecule has 0 bridgehead atoms. The minimum Gasteiger partial charge on any atom is -0.492 e. The van der Waals surface area contributed by atoms with Crippen LogP contribution in [-0.2, 0) is 11.2 Å². The van der Waals surface area contributed by atoms with Gasteiger partial charge in [0.15, 0.2) is 0 Å². The molecular formula is C27H26FN5O2. The van der Waals surface area contributed by atoms with Crippen LogP contribution in [0.4, 0.5) is 10.2 Å². The molecule has 0 saturated carbocycles. The lowest BCUT2D eigenvalue weighted by Crippen LogP contribution is -2.55. The van der Waals surface area contributed by atoms with Crippen LogP contribution in [-0.4, -0.2) is 53.1 Å². The van der Waals surface area contributed by atoms with Gasteiger partial charge < -0.3 is 14.5 Å². The number of hydrogen-bond acceptors (Lipinski definition) is 6. The molecule has 35 heavy (non-hydrogen) atoms. The van der Waals surface area contributed by atoms with E-state index in [1.807, 2.05) is 19.1 Å². The van der Waals surface area contributed by atoms with E-state index < -0.39 is 0 Å². The van der Waals surface area contributed by atoms with Crippen molar-refractivity contribution in [2.75, 3.05) is 31.1 Å². The molecule has 7 nitrogen and oxygen atoms in total. The van der Waals surface area contributed by atoms with Crippen molar-refractivity contribution in [2.24, 2.45) is 0 Å². The number of carbonyl (C=O) groups excluding carboxylic acids is 1. The van der Waals surface area contributed by atoms with Crippen LogP contribution < -0.4 is 9.64 Å². The molecule has 1 amide bonds. The SMILES string of the molecule is C=CC(=O)N1CCN(c2ncnc3cc(-c4c(C)cccc4F)c4c(c23)OCCC4)C[C@@H]1CC#N. The van der Waals surface area contributed by atoms with Crippen LogP contribution in [0.3, 0.4) is 0 Å². The van der Waals surface area contributed by atoms with Gasteiger partial charge in [0.1, 0.15) is 23.7 Å². The molecule has 1 aromatic heterocycles. The summed E-state index contributed by atoms with van der Waals surface area (Å²) in [6.45, 7) is 7.53. The van der Waals surface area contributed by atoms with Gasteiger partial charge in [0.2, 0.25) is 5.91 Å². The average Bonchev–Trinajstić information content (AvgIpc) is 2.88. The number of amides is 1. The van der Waals surface area contributed by atoms with E-state index in [-0.39, 0.29) is 24.2 Å². The number of halogens is 1. The lowest BCUT2D eigenvalue weighted by Gasteiger charge is -2.41. The standard InChI is InChI=1S/C27H26FN5O2/c1-3-23(34)33-12-11-32(15-18(33)9-10-29)27-25-22(30-16-31-27)14-20(19-7-5-13-35-26(19)25)24-17(2)6-4-8-21(24)28/h3-4,6,8,14,16,18H,1,5,7,9,11-13,15H2,2H3/t18-/m0/s1. The van der Waals surface area contributed by atoms with Gasteiger partial charge in [0.25, 0.3) is 0 Å². The molecule has 2 aliphatic heterocycles. The monoisotopic (exact) mass is 471 g/mol. The zero-order chi connectivity index (χ0) is 24.5. The molecule has 2 aliphatic rings. The molecule has 8 heteroatoms. The van der Waals surface area contributed by atoms with E-state index in [0.29, 0.717) is 48.9 Å². The number of aryl methyl sites for hydroxylation is 1. The van der Waals surface area contributed by atoms with Gasteiger partial charge >= 0.3 is 0 Å². The Labute approximate surface area is 203 Å². The molecule has 178 valence electrons. The fourth-order valence-corrected chi connectivity index (χ4v) is 5.22. The molecule has 5 rings (SSSR count). The van der Waals surface area contributed by atoms with Gasteiger partial charge in [-0.05, 0) is 49.1 Å². The number of fused-ring (bicyclic) bond motifs is 3. The summed E-state index contributed by atoms with van der Waals surface area (Å²) in [5.41, 5.74) is 3.86. The Morgan fingerprint density at radius 2 is 2.23 bits per heavy atom. The molecule has 1 atom stereocenters. The van der Waals surface area contributed by atoms with E-state index in [2.05, 4.69) is 27.5 Å². The molecular weight excluding hydrogens is 445 g/mol. The molecule has 0 unspecified atom stereocenters. The maximum atomic E-state index is 15.0. The third-order valence-corrected chi connectivity index (χ3v) is 6.84. The summed E-state index contributed by atoms with van der Waals surface area (Å²) in [6.07, 6.45) is 4.61. The van der Waals surface area contributed by atoms with Gasteiger partial charge in [-0.1, -0.05) is 18.7 Å². The van der Waals surface area contributed by atoms with Gasteiger partial charge in [0.05, 0.1) is 36.0 Å². The first kappa shape index (κ1) is 22.8. The lowest BCUT2D eigenvalue weighted by molar-refractivity contribution is -0.128. The summed E-state index contributed by atoms with van der Waals surface area (Å²) >= 11 is 0. The van der Waals surface area contributed by atoms with Gasteiger partial charge in [-0.15, -0.1) is 0 Å². The maximum absolute atomic E-state index is 15.0. The number of rotatable bonds is 4. The minimum absolute atomic E-state index is 0.178. The van der Waals surface area contributed by atoms with Gasteiger partial charge in [-0.2, -0.15) is 5.26 Å². The number of anilines is 1. The fourth-order valence-electron chi connectivity index (χ4n) is 5.22. The Morgan fingerprint density at radius 3 is 3.00 bits per heavy atom. The molecule has 0 aliphatic carbocycles. The van der Waals surface area contributed by atoms with Crippen LogP contribution in [0.2, 0.25) is 0 Å². The van der Waals surface area contributed by atoms with Crippen molar-refractivity contribution in [3.63, 3.8) is 0 Å². The lowest BCUT2D eigenvalue weighted by atomic mass is 9.90. The number of benzene rings is 2. The van der Waals surface area contributed by atoms with Crippen LogP contribution >= 0.6 is 0 Å². The van der Waals surface area contributed by atoms with Crippen LogP contribution in [0.15, 0.2) is 43.2 Å². The van der Waals surface area contributed by atoms with E-state index in [1.54, 1.807) is 11.0 Å². The van der Waals surface area contributed by atoms with Crippen molar-refractivity contribution < 1.29 is 13.9 Å². The highest BCUT2D eigenvalue weighted by Gasteiger charge is 2.32. The Bertz CT molecular complexity index is 1350. The predicted octanol–water partition coefficient (Wildman–Crippen LogP) is 4.19. The minimum atomic E-state index is -0.277. The van der Waals surface area contributed by atoms with Crippen LogP contribution in [0.25, 0.3) is 22.0 Å². The first-order chi connectivity index (χ1) is 17.0. The molecule has 1 fully saturated rings. The van der Waals surface area contributed by atoms with E-state index in [0.717, 1.165) is 34.9 Å². The smallest absolute Gasteiger partial charge is 0.246 e. The summed E-state index contributed by atoms with van der Waals surface area (Å²) in [4.78, 5) is 25.3. The van der Waals surface area contributed by atoms with Crippen LogP contribution in [0.1, 0.15) is 24.0 Å². The fraction of sp³-hybridized carbons (Fsp3) is 0.333. The van der Waals surface area contributed by atoms with Crippen molar-refractivity contribution >= 4 is 22.6 Å². The van der Waals surface area contributed by atoms with Crippen molar-refractivity contribution in [2.45, 2.75) is 32.2 Å². The number of hydrogen-bond donors (Lipinski definition) is 0. The Morgan fingerprint density at radius 1 is 1.37 bits per heavy atom. The highest BCUT2D eigenvalue weighted by atomic mass is 19.1. The second-order valence-corrected chi connectivity index (χ2v) is 8.90. The second-order valence-electron chi connectivity index (χ2n) is 8.90. The van der Waals surface area contributed by atoms with E-state index in [4.69, 9.17) is 4.74 Å². The molecule has 0 radical (unpaired) electrons. The van der Waals surface area contributed by atoms with Crippen molar-refractivity contribution in [1.29, 1.82) is 5.26 Å². The number of nitrogens with zero attached hydrogens (tertiary/aromatic N) is 5. The summed E-state index contributed by atoms with van der Waals surface area (Å²) in [5.74, 6) is 0.957. The molecule has 1 saturated heterocycles. The largest absolute Gasteiger partial charge is 0.492 e. The van der Waals surface area contributed by atoms with Gasteiger partial charge in [-0.3, -0.25) is 4.79 Å². The molecule has 3 heterocycles. The zero-order valence-corrected chi connectivity index (χ0v) is 19.6. The van der Waals surface area contributed by atoms with Crippen molar-refractivity contribution in [3.05, 3.63) is 60.2 Å². The first-order valence-electron chi connectivity index (χ1n) is 11.8. The van der Waals surface area contributed by atoms with Crippen LogP contribution in [0.5, 0.6) is 5.75 Å². The number of carbonyl (C=O) groups is 1. The Hall–Kier alpha value is -3.99. The number of aromatic nitrogens is 2. The maximum Gasteiger partial charge on any atom is 0.246 e. The van der Waals surface area contributed by atoms with Gasteiger partial charge in [0, 0.05) is 30.8 Å². The van der Waals surface area contributed by atoms with Gasteiger partial charge in [-0.25, -0.2) is 14.4 Å². The summed E-state index contributed by atoms with van der Waals surface area (Å²) < 4.78 is 21.2. The molecule has 0 spiro atoms. The number of nitriles is 1. The number of ether oxygens (including phenoxy) is 1. The average molecular weight is 472 g/mol. The molecule has 2 aromatic carbocycles. The quantitative estimate of drug-likeness (QED) is 0.531. The summed E-state index contributed by atoms with van der Waals surface area (Å²) in [6, 6.07) is 8.95. The number of piperazine rings is 1. The highest BCUT2D eigenvalue weighted by molar-refractivity contribution is 6.00. The highest BCUT2D eigenvalue weighted by Crippen LogP contribution is 2.44. The topological polar surface area (TPSA) is 82.3 Å². The third kappa shape index (κ3) is 3.97. The van der Waals surface area contributed by atoms with E-state index >= 15 is 0 Å². The third-order valence-electron chi connectivity index (χ3n) is 6.84.